The van der Waals surface area contributed by atoms with Crippen LogP contribution in [0.1, 0.15) is 0 Å². The SMILES string of the molecule is [CH3][Ge]([CH3])/[C](=[C](/[Ge]([CH3])[CH3])[Si](C)(C)C)[Si](C)(C)C. The van der Waals surface area contributed by atoms with E-state index in [-0.39, 0.29) is 0 Å². The van der Waals surface area contributed by atoms with Gasteiger partial charge in [-0.25, -0.2) is 0 Å². The molecule has 0 aromatic rings. The predicted octanol–water partition coefficient (Wildman–Crippen LogP) is 4.63. The fourth-order valence-electron chi connectivity index (χ4n) is 2.75. The van der Waals surface area contributed by atoms with Gasteiger partial charge in [-0.05, 0) is 0 Å². The van der Waals surface area contributed by atoms with Crippen LogP contribution < -0.4 is 0 Å². The fraction of sp³-hybridized carbons (Fsp3) is 0.833. The van der Waals surface area contributed by atoms with E-state index in [1.807, 2.05) is 0 Å². The van der Waals surface area contributed by atoms with Crippen molar-refractivity contribution in [2.24, 2.45) is 0 Å². The molecule has 0 fully saturated rings. The minimum absolute atomic E-state index is 0.883. The molecule has 0 rings (SSSR count). The zero-order valence-electron chi connectivity index (χ0n) is 13.0. The van der Waals surface area contributed by atoms with Gasteiger partial charge < -0.3 is 0 Å². The van der Waals surface area contributed by atoms with Crippen LogP contribution in [0.2, 0.25) is 62.3 Å². The molecule has 0 aromatic heterocycles. The molecule has 94 valence electrons. The third-order valence-electron chi connectivity index (χ3n) is 2.75. The summed E-state index contributed by atoms with van der Waals surface area (Å²) in [4.78, 5) is 0. The summed E-state index contributed by atoms with van der Waals surface area (Å²) < 4.78 is 4.18. The van der Waals surface area contributed by atoms with Crippen LogP contribution in [0.4, 0.5) is 0 Å². The monoisotopic (exact) mass is 378 g/mol. The molecule has 0 heterocycles. The summed E-state index contributed by atoms with van der Waals surface area (Å²) in [6.07, 6.45) is 0. The van der Waals surface area contributed by atoms with Gasteiger partial charge in [0.15, 0.2) is 0 Å². The molecule has 0 unspecified atom stereocenters. The maximum absolute atomic E-state index is 2.58. The molecule has 0 bridgehead atoms. The van der Waals surface area contributed by atoms with Crippen molar-refractivity contribution < 1.29 is 0 Å². The average Bonchev–Trinajstić information content (AvgIpc) is 1.92. The van der Waals surface area contributed by atoms with E-state index in [9.17, 15) is 0 Å². The van der Waals surface area contributed by atoms with Gasteiger partial charge in [-0.3, -0.25) is 0 Å². The van der Waals surface area contributed by atoms with Crippen LogP contribution in [0.25, 0.3) is 0 Å². The second kappa shape index (κ2) is 5.93. The predicted molar refractivity (Wildman–Crippen MR) is 88.7 cm³/mol. The zero-order chi connectivity index (χ0) is 13.3. The van der Waals surface area contributed by atoms with Crippen LogP contribution in [-0.4, -0.2) is 44.8 Å². The van der Waals surface area contributed by atoms with Crippen molar-refractivity contribution in [1.82, 2.24) is 0 Å². The summed E-state index contributed by atoms with van der Waals surface area (Å²) in [6.45, 7) is 15.4. The number of rotatable bonds is 4. The van der Waals surface area contributed by atoms with Crippen LogP contribution in [-0.2, 0) is 0 Å². The second-order valence-electron chi connectivity index (χ2n) is 7.25. The Bertz CT molecular complexity index is 240. The summed E-state index contributed by atoms with van der Waals surface area (Å²) in [7, 11) is -2.11. The molecule has 0 aromatic carbocycles. The molecule has 0 saturated carbocycles. The molecule has 0 spiro atoms. The summed E-state index contributed by atoms with van der Waals surface area (Å²) in [5, 5.41) is 0. The van der Waals surface area contributed by atoms with Crippen molar-refractivity contribution in [3.05, 3.63) is 8.06 Å². The topological polar surface area (TPSA) is 0 Å². The van der Waals surface area contributed by atoms with Gasteiger partial charge in [0, 0.05) is 0 Å². The van der Waals surface area contributed by atoms with Gasteiger partial charge >= 0.3 is 115 Å². The molecule has 0 saturated heterocycles. The van der Waals surface area contributed by atoms with E-state index < -0.39 is 44.8 Å². The van der Waals surface area contributed by atoms with Gasteiger partial charge in [-0.2, -0.15) is 0 Å². The van der Waals surface area contributed by atoms with E-state index >= 15 is 0 Å². The van der Waals surface area contributed by atoms with Gasteiger partial charge in [-0.1, -0.05) is 0 Å². The molecule has 2 radical (unpaired) electrons. The van der Waals surface area contributed by atoms with E-state index in [1.165, 1.54) is 0 Å². The Morgan fingerprint density at radius 3 is 0.812 bits per heavy atom. The average molecular weight is 376 g/mol. The van der Waals surface area contributed by atoms with Crippen molar-refractivity contribution in [2.75, 3.05) is 0 Å². The normalized spacial score (nSPS) is 15.8. The zero-order valence-corrected chi connectivity index (χ0v) is 19.2. The first-order chi connectivity index (χ1) is 6.89. The van der Waals surface area contributed by atoms with Crippen molar-refractivity contribution >= 4 is 44.8 Å². The van der Waals surface area contributed by atoms with Crippen LogP contribution in [0.15, 0.2) is 8.06 Å². The first-order valence-corrected chi connectivity index (χ1v) is 23.7. The second-order valence-corrected chi connectivity index (χ2v) is 29.8. The molecule has 0 amide bonds. The molecule has 0 aliphatic rings. The Morgan fingerprint density at radius 1 is 0.562 bits per heavy atom. The van der Waals surface area contributed by atoms with Crippen molar-refractivity contribution in [2.45, 2.75) is 62.3 Å². The van der Waals surface area contributed by atoms with Gasteiger partial charge in [0.2, 0.25) is 0 Å². The first kappa shape index (κ1) is 17.3. The van der Waals surface area contributed by atoms with Crippen LogP contribution in [0.5, 0.6) is 0 Å². The Morgan fingerprint density at radius 2 is 0.750 bits per heavy atom. The fourth-order valence-corrected chi connectivity index (χ4v) is 43.3. The summed E-state index contributed by atoms with van der Waals surface area (Å²) in [6, 6.07) is 0. The standard InChI is InChI=1S/C12H30Ge2Si2/c1-13(2)11(15(5,6)7)12(14(3)4)16(8,9)10/h1-10H3/b12-11+. The quantitative estimate of drug-likeness (QED) is 0.629. The Kier molecular flexibility index (Phi) is 6.40. The van der Waals surface area contributed by atoms with Gasteiger partial charge in [0.25, 0.3) is 0 Å². The van der Waals surface area contributed by atoms with Crippen molar-refractivity contribution in [1.29, 1.82) is 0 Å². The maximum atomic E-state index is 2.58. The Labute approximate surface area is 115 Å². The van der Waals surface area contributed by atoms with E-state index in [4.69, 9.17) is 0 Å². The number of hydrogen-bond acceptors (Lipinski definition) is 0. The Balaban J connectivity index is 5.87. The molecule has 0 nitrogen and oxygen atoms in total. The van der Waals surface area contributed by atoms with E-state index in [2.05, 4.69) is 70.4 Å². The van der Waals surface area contributed by atoms with E-state index in [1.54, 1.807) is 0 Å². The van der Waals surface area contributed by atoms with Gasteiger partial charge in [0.1, 0.15) is 0 Å². The summed E-state index contributed by atoms with van der Waals surface area (Å²) in [5.74, 6) is 10.3. The molecule has 4 heteroatoms. The molecular weight excluding hydrogens is 346 g/mol. The van der Waals surface area contributed by atoms with Crippen LogP contribution >= 0.6 is 0 Å². The third kappa shape index (κ3) is 4.86. The summed E-state index contributed by atoms with van der Waals surface area (Å²) in [5.41, 5.74) is 0. The first-order valence-electron chi connectivity index (χ1n) is 6.25. The molecule has 0 atom stereocenters. The molecular formula is C12H30Ge2Si2. The molecule has 0 N–H and O–H groups in total. The van der Waals surface area contributed by atoms with Crippen LogP contribution in [0, 0.1) is 0 Å². The summed E-state index contributed by atoms with van der Waals surface area (Å²) >= 11 is -1.77. The van der Waals surface area contributed by atoms with E-state index in [0.717, 1.165) is 0 Å². The van der Waals surface area contributed by atoms with Gasteiger partial charge in [0.05, 0.1) is 0 Å². The minimum atomic E-state index is -1.06. The number of hydrogen-bond donors (Lipinski definition) is 0. The Hall–Kier alpha value is 1.26. The van der Waals surface area contributed by atoms with Crippen LogP contribution in [0.3, 0.4) is 0 Å². The molecule has 0 aliphatic carbocycles. The molecule has 16 heavy (non-hydrogen) atoms. The molecule has 0 aliphatic heterocycles. The van der Waals surface area contributed by atoms with E-state index in [0.29, 0.717) is 0 Å². The van der Waals surface area contributed by atoms with Crippen molar-refractivity contribution in [3.63, 3.8) is 0 Å². The van der Waals surface area contributed by atoms with Crippen molar-refractivity contribution in [3.8, 4) is 0 Å². The third-order valence-corrected chi connectivity index (χ3v) is 28.5. The van der Waals surface area contributed by atoms with Gasteiger partial charge in [-0.15, -0.1) is 0 Å².